The van der Waals surface area contributed by atoms with E-state index in [2.05, 4.69) is 20.7 Å². The van der Waals surface area contributed by atoms with Crippen LogP contribution in [0.5, 0.6) is 0 Å². The van der Waals surface area contributed by atoms with Crippen LogP contribution >= 0.6 is 34.9 Å². The zero-order chi connectivity index (χ0) is 13.0. The quantitative estimate of drug-likeness (QED) is 0.849. The molecule has 2 rings (SSSR count). The molecule has 0 aliphatic carbocycles. The van der Waals surface area contributed by atoms with Crippen molar-refractivity contribution in [1.29, 1.82) is 0 Å². The van der Waals surface area contributed by atoms with Crippen molar-refractivity contribution >= 4 is 46.7 Å². The van der Waals surface area contributed by atoms with Crippen LogP contribution in [0.3, 0.4) is 0 Å². The summed E-state index contributed by atoms with van der Waals surface area (Å²) in [5.74, 6) is 0.472. The molecule has 6 nitrogen and oxygen atoms in total. The van der Waals surface area contributed by atoms with Gasteiger partial charge in [0.1, 0.15) is 0 Å². The molecule has 1 N–H and O–H groups in total. The molecule has 0 saturated heterocycles. The molecule has 1 amide bonds. The Morgan fingerprint density at radius 2 is 2.28 bits per heavy atom. The van der Waals surface area contributed by atoms with E-state index in [1.807, 2.05) is 6.26 Å². The Hall–Kier alpha value is -1.06. The molecule has 96 valence electrons. The number of nitrogens with zero attached hydrogens (tertiary/aromatic N) is 3. The number of carbonyl (C=O) groups is 1. The van der Waals surface area contributed by atoms with Crippen LogP contribution in [0.25, 0.3) is 0 Å². The molecule has 0 fully saturated rings. The first-order valence-electron chi connectivity index (χ1n) is 4.91. The molecule has 0 aromatic carbocycles. The van der Waals surface area contributed by atoms with Gasteiger partial charge in [0.25, 0.3) is 0 Å². The molecule has 0 aliphatic rings. The first-order valence-corrected chi connectivity index (χ1v) is 7.93. The van der Waals surface area contributed by atoms with Crippen LogP contribution in [0.15, 0.2) is 19.3 Å². The van der Waals surface area contributed by atoms with E-state index in [0.29, 0.717) is 5.88 Å². The van der Waals surface area contributed by atoms with E-state index < -0.39 is 0 Å². The number of aromatic nitrogens is 3. The zero-order valence-electron chi connectivity index (χ0n) is 9.67. The lowest BCUT2D eigenvalue weighted by Gasteiger charge is -1.98. The zero-order valence-corrected chi connectivity index (χ0v) is 12.1. The monoisotopic (exact) mass is 302 g/mol. The summed E-state index contributed by atoms with van der Waals surface area (Å²) in [5.41, 5.74) is 0.728. The Balaban J connectivity index is 1.81. The van der Waals surface area contributed by atoms with Gasteiger partial charge in [0.05, 0.1) is 11.4 Å². The topological polar surface area (TPSA) is 80.9 Å². The molecule has 18 heavy (non-hydrogen) atoms. The minimum absolute atomic E-state index is 0.156. The summed E-state index contributed by atoms with van der Waals surface area (Å²) in [4.78, 5) is 11.6. The Morgan fingerprint density at radius 1 is 1.50 bits per heavy atom. The molecular formula is C9H10N4O2S3. The Kier molecular flexibility index (Phi) is 4.61. The van der Waals surface area contributed by atoms with Crippen molar-refractivity contribution in [2.45, 2.75) is 15.6 Å². The minimum Gasteiger partial charge on any atom is -0.338 e. The van der Waals surface area contributed by atoms with E-state index >= 15 is 0 Å². The van der Waals surface area contributed by atoms with Crippen LogP contribution in [0.1, 0.15) is 5.69 Å². The summed E-state index contributed by atoms with van der Waals surface area (Å²) in [5, 5.41) is 14.2. The summed E-state index contributed by atoms with van der Waals surface area (Å²) < 4.78 is 6.56. The SMILES string of the molecule is CSc1nnc(SCC(=O)Nc2cc(C)no2)s1. The van der Waals surface area contributed by atoms with Crippen LogP contribution in [-0.4, -0.2) is 33.3 Å². The van der Waals surface area contributed by atoms with Gasteiger partial charge in [-0.1, -0.05) is 40.0 Å². The number of hydrogen-bond donors (Lipinski definition) is 1. The third kappa shape index (κ3) is 3.72. The number of rotatable bonds is 5. The van der Waals surface area contributed by atoms with Crippen LogP contribution in [0.2, 0.25) is 0 Å². The minimum atomic E-state index is -0.156. The average molecular weight is 302 g/mol. The Labute approximate surface area is 116 Å². The predicted octanol–water partition coefficient (Wildman–Crippen LogP) is 2.29. The molecule has 0 aliphatic heterocycles. The van der Waals surface area contributed by atoms with Gasteiger partial charge >= 0.3 is 0 Å². The van der Waals surface area contributed by atoms with Crippen LogP contribution in [0, 0.1) is 6.92 Å². The number of carbonyl (C=O) groups excluding carboxylic acids is 1. The molecule has 0 spiro atoms. The highest BCUT2D eigenvalue weighted by Crippen LogP contribution is 2.27. The highest BCUT2D eigenvalue weighted by molar-refractivity contribution is 8.03. The van der Waals surface area contributed by atoms with Crippen molar-refractivity contribution in [3.05, 3.63) is 11.8 Å². The van der Waals surface area contributed by atoms with E-state index in [1.165, 1.54) is 34.9 Å². The van der Waals surface area contributed by atoms with E-state index in [4.69, 9.17) is 4.52 Å². The highest BCUT2D eigenvalue weighted by atomic mass is 32.2. The maximum atomic E-state index is 11.6. The molecular weight excluding hydrogens is 292 g/mol. The predicted molar refractivity (Wildman–Crippen MR) is 72.3 cm³/mol. The van der Waals surface area contributed by atoms with E-state index in [9.17, 15) is 4.79 Å². The standard InChI is InChI=1S/C9H10N4O2S3/c1-5-3-7(15-13-5)10-6(14)4-17-9-12-11-8(16-2)18-9/h3H,4H2,1-2H3,(H,10,14). The second-order valence-electron chi connectivity index (χ2n) is 3.21. The van der Waals surface area contributed by atoms with E-state index in [-0.39, 0.29) is 11.7 Å². The van der Waals surface area contributed by atoms with Crippen LogP contribution in [-0.2, 0) is 4.79 Å². The number of nitrogens with one attached hydrogen (secondary N) is 1. The lowest BCUT2D eigenvalue weighted by molar-refractivity contribution is -0.113. The summed E-state index contributed by atoms with van der Waals surface area (Å²) in [6.07, 6.45) is 1.94. The fourth-order valence-corrected chi connectivity index (χ4v) is 3.30. The van der Waals surface area contributed by atoms with Gasteiger partial charge in [0, 0.05) is 6.07 Å². The van der Waals surface area contributed by atoms with Gasteiger partial charge in [0.15, 0.2) is 8.68 Å². The molecule has 9 heteroatoms. The van der Waals surface area contributed by atoms with Crippen molar-refractivity contribution in [2.24, 2.45) is 0 Å². The number of thioether (sulfide) groups is 2. The van der Waals surface area contributed by atoms with Gasteiger partial charge in [-0.3, -0.25) is 10.1 Å². The first kappa shape index (κ1) is 13.4. The molecule has 0 atom stereocenters. The lowest BCUT2D eigenvalue weighted by atomic mass is 10.5. The van der Waals surface area contributed by atoms with Gasteiger partial charge in [0.2, 0.25) is 11.8 Å². The van der Waals surface area contributed by atoms with Gasteiger partial charge in [-0.05, 0) is 13.2 Å². The number of hydrogen-bond acceptors (Lipinski definition) is 8. The van der Waals surface area contributed by atoms with Crippen molar-refractivity contribution in [1.82, 2.24) is 15.4 Å². The van der Waals surface area contributed by atoms with E-state index in [0.717, 1.165) is 14.4 Å². The molecule has 0 saturated carbocycles. The molecule has 0 radical (unpaired) electrons. The van der Waals surface area contributed by atoms with Gasteiger partial charge in [-0.15, -0.1) is 10.2 Å². The first-order chi connectivity index (χ1) is 8.67. The normalized spacial score (nSPS) is 10.6. The molecule has 2 heterocycles. The van der Waals surface area contributed by atoms with Gasteiger partial charge in [-0.25, -0.2) is 0 Å². The van der Waals surface area contributed by atoms with Crippen LogP contribution in [0.4, 0.5) is 5.88 Å². The number of aryl methyl sites for hydroxylation is 1. The maximum absolute atomic E-state index is 11.6. The smallest absolute Gasteiger partial charge is 0.237 e. The molecule has 0 unspecified atom stereocenters. The fraction of sp³-hybridized carbons (Fsp3) is 0.333. The summed E-state index contributed by atoms with van der Waals surface area (Å²) in [6.45, 7) is 1.79. The summed E-state index contributed by atoms with van der Waals surface area (Å²) in [7, 11) is 0. The van der Waals surface area contributed by atoms with Crippen molar-refractivity contribution < 1.29 is 9.32 Å². The highest BCUT2D eigenvalue weighted by Gasteiger charge is 2.09. The molecule has 2 aromatic rings. The third-order valence-electron chi connectivity index (χ3n) is 1.78. The van der Waals surface area contributed by atoms with Crippen molar-refractivity contribution in [3.63, 3.8) is 0 Å². The number of amides is 1. The Morgan fingerprint density at radius 3 is 2.89 bits per heavy atom. The lowest BCUT2D eigenvalue weighted by Crippen LogP contribution is -2.13. The maximum Gasteiger partial charge on any atom is 0.237 e. The number of anilines is 1. The fourth-order valence-electron chi connectivity index (χ4n) is 1.06. The summed E-state index contributed by atoms with van der Waals surface area (Å²) >= 11 is 4.36. The van der Waals surface area contributed by atoms with E-state index in [1.54, 1.807) is 13.0 Å². The van der Waals surface area contributed by atoms with Gasteiger partial charge in [-0.2, -0.15) is 0 Å². The average Bonchev–Trinajstić information content (AvgIpc) is 2.95. The van der Waals surface area contributed by atoms with Crippen molar-refractivity contribution in [3.8, 4) is 0 Å². The second-order valence-corrected chi connectivity index (χ2v) is 6.46. The molecule has 0 bridgehead atoms. The van der Waals surface area contributed by atoms with Crippen LogP contribution < -0.4 is 5.32 Å². The van der Waals surface area contributed by atoms with Gasteiger partial charge < -0.3 is 4.52 Å². The van der Waals surface area contributed by atoms with Crippen molar-refractivity contribution in [2.75, 3.05) is 17.3 Å². The molecule has 2 aromatic heterocycles. The summed E-state index contributed by atoms with van der Waals surface area (Å²) in [6, 6.07) is 1.67. The Bertz CT molecular complexity index is 539. The second kappa shape index (κ2) is 6.21. The third-order valence-corrected chi connectivity index (χ3v) is 4.81. The largest absolute Gasteiger partial charge is 0.338 e.